The minimum Gasteiger partial charge on any atom is -0.508 e. The normalized spacial score (nSPS) is 13.8. The molecule has 8 N–H and O–H groups in total. The molecule has 3 atom stereocenters. The second kappa shape index (κ2) is 12.3. The van der Waals surface area contributed by atoms with Crippen LogP contribution in [0.1, 0.15) is 35.2 Å². The molecule has 0 aliphatic carbocycles. The summed E-state index contributed by atoms with van der Waals surface area (Å²) in [6.45, 7) is 0.528. The Morgan fingerprint density at radius 2 is 1.71 bits per heavy atom. The SMILES string of the molecule is NCCCC[C@@H](C=O)NC(=O)[C@H](N)Cc1cn(C(=O)[C@@H](N)Cc2ccc(O)cc2)c2ccccc12. The highest BCUT2D eigenvalue weighted by Gasteiger charge is 2.23. The van der Waals surface area contributed by atoms with Gasteiger partial charge in [-0.25, -0.2) is 0 Å². The van der Waals surface area contributed by atoms with Gasteiger partial charge in [0.15, 0.2) is 0 Å². The molecule has 0 spiro atoms. The Morgan fingerprint density at radius 3 is 2.40 bits per heavy atom. The Kier molecular flexibility index (Phi) is 9.13. The van der Waals surface area contributed by atoms with E-state index in [1.165, 1.54) is 4.57 Å². The van der Waals surface area contributed by atoms with E-state index in [-0.39, 0.29) is 18.1 Å². The number of fused-ring (bicyclic) bond motifs is 1. The number of hydrogen-bond donors (Lipinski definition) is 5. The fourth-order valence-corrected chi connectivity index (χ4v) is 4.05. The van der Waals surface area contributed by atoms with E-state index in [1.807, 2.05) is 24.3 Å². The Hall–Kier alpha value is -3.53. The molecule has 3 rings (SSSR count). The van der Waals surface area contributed by atoms with Crippen LogP contribution in [-0.4, -0.2) is 52.4 Å². The van der Waals surface area contributed by atoms with Crippen molar-refractivity contribution in [2.24, 2.45) is 17.2 Å². The molecule has 3 aromatic rings. The van der Waals surface area contributed by atoms with Gasteiger partial charge in [0.2, 0.25) is 11.8 Å². The molecule has 35 heavy (non-hydrogen) atoms. The zero-order chi connectivity index (χ0) is 25.4. The van der Waals surface area contributed by atoms with Gasteiger partial charge in [0, 0.05) is 11.6 Å². The fraction of sp³-hybridized carbons (Fsp3) is 0.346. The van der Waals surface area contributed by atoms with E-state index < -0.39 is 24.0 Å². The highest BCUT2D eigenvalue weighted by atomic mass is 16.3. The highest BCUT2D eigenvalue weighted by molar-refractivity contribution is 5.97. The first-order chi connectivity index (χ1) is 16.8. The van der Waals surface area contributed by atoms with Crippen molar-refractivity contribution in [3.63, 3.8) is 0 Å². The third-order valence-electron chi connectivity index (χ3n) is 5.98. The van der Waals surface area contributed by atoms with Crippen molar-refractivity contribution in [2.75, 3.05) is 6.54 Å². The molecule has 0 aliphatic heterocycles. The third kappa shape index (κ3) is 6.75. The van der Waals surface area contributed by atoms with Crippen LogP contribution in [0.4, 0.5) is 0 Å². The molecule has 0 radical (unpaired) electrons. The number of phenolic OH excluding ortho intramolecular Hbond substituents is 1. The average molecular weight is 480 g/mol. The number of nitrogens with two attached hydrogens (primary N) is 3. The first-order valence-electron chi connectivity index (χ1n) is 11.7. The molecule has 9 heteroatoms. The van der Waals surface area contributed by atoms with Gasteiger partial charge in [0.25, 0.3) is 0 Å². The Labute approximate surface area is 204 Å². The summed E-state index contributed by atoms with van der Waals surface area (Å²) in [6, 6.07) is 11.6. The van der Waals surface area contributed by atoms with Crippen LogP contribution < -0.4 is 22.5 Å². The van der Waals surface area contributed by atoms with Gasteiger partial charge in [0.1, 0.15) is 12.0 Å². The number of aldehydes is 1. The number of amides is 1. The standard InChI is InChI=1S/C26H33N5O4/c27-12-4-3-5-19(16-32)30-25(34)22(28)14-18-15-31(24-7-2-1-6-21(18)24)26(35)23(29)13-17-8-10-20(33)11-9-17/h1-2,6-11,15-16,19,22-23,33H,3-5,12-14,27-29H2,(H,30,34)/t19-,22+,23-/m0/s1. The predicted molar refractivity (Wildman–Crippen MR) is 135 cm³/mol. The van der Waals surface area contributed by atoms with Gasteiger partial charge in [-0.1, -0.05) is 30.3 Å². The summed E-state index contributed by atoms with van der Waals surface area (Å²) in [5.74, 6) is -0.577. The molecule has 0 fully saturated rings. The summed E-state index contributed by atoms with van der Waals surface area (Å²) < 4.78 is 1.50. The van der Waals surface area contributed by atoms with Crippen molar-refractivity contribution in [3.8, 4) is 5.75 Å². The largest absolute Gasteiger partial charge is 0.508 e. The molecule has 0 saturated heterocycles. The molecule has 0 bridgehead atoms. The molecule has 0 saturated carbocycles. The summed E-state index contributed by atoms with van der Waals surface area (Å²) >= 11 is 0. The van der Waals surface area contributed by atoms with Crippen LogP contribution in [0.15, 0.2) is 54.7 Å². The van der Waals surface area contributed by atoms with Crippen molar-refractivity contribution in [3.05, 3.63) is 65.9 Å². The maximum Gasteiger partial charge on any atom is 0.248 e. The number of hydrogen-bond acceptors (Lipinski definition) is 7. The Bertz CT molecular complexity index is 1160. The van der Waals surface area contributed by atoms with Crippen LogP contribution in [-0.2, 0) is 22.4 Å². The molecular formula is C26H33N5O4. The van der Waals surface area contributed by atoms with Crippen LogP contribution in [0, 0.1) is 0 Å². The van der Waals surface area contributed by atoms with Crippen molar-refractivity contribution in [1.29, 1.82) is 0 Å². The van der Waals surface area contributed by atoms with Crippen LogP contribution in [0.5, 0.6) is 5.75 Å². The number of para-hydroxylation sites is 1. The van der Waals surface area contributed by atoms with E-state index in [1.54, 1.807) is 30.5 Å². The van der Waals surface area contributed by atoms with Crippen LogP contribution in [0.25, 0.3) is 10.9 Å². The summed E-state index contributed by atoms with van der Waals surface area (Å²) in [7, 11) is 0. The van der Waals surface area contributed by atoms with Gasteiger partial charge >= 0.3 is 0 Å². The van der Waals surface area contributed by atoms with E-state index in [9.17, 15) is 19.5 Å². The third-order valence-corrected chi connectivity index (χ3v) is 5.98. The molecular weight excluding hydrogens is 446 g/mol. The van der Waals surface area contributed by atoms with E-state index >= 15 is 0 Å². The lowest BCUT2D eigenvalue weighted by Gasteiger charge is -2.16. The number of aromatic nitrogens is 1. The maximum absolute atomic E-state index is 13.2. The minimum absolute atomic E-state index is 0.144. The number of aromatic hydroxyl groups is 1. The van der Waals surface area contributed by atoms with Gasteiger partial charge in [-0.05, 0) is 68.0 Å². The number of benzene rings is 2. The molecule has 1 amide bonds. The van der Waals surface area contributed by atoms with Crippen molar-refractivity contribution < 1.29 is 19.5 Å². The zero-order valence-corrected chi connectivity index (χ0v) is 19.6. The van der Waals surface area contributed by atoms with Crippen molar-refractivity contribution in [1.82, 2.24) is 9.88 Å². The number of rotatable bonds is 12. The maximum atomic E-state index is 13.2. The van der Waals surface area contributed by atoms with Crippen LogP contribution in [0.2, 0.25) is 0 Å². The number of unbranched alkanes of at least 4 members (excludes halogenated alkanes) is 1. The molecule has 9 nitrogen and oxygen atoms in total. The van der Waals surface area contributed by atoms with Gasteiger partial charge in [-0.2, -0.15) is 0 Å². The van der Waals surface area contributed by atoms with Crippen LogP contribution in [0.3, 0.4) is 0 Å². The van der Waals surface area contributed by atoms with Gasteiger partial charge in [0.05, 0.1) is 23.6 Å². The molecule has 1 aromatic heterocycles. The summed E-state index contributed by atoms with van der Waals surface area (Å²) in [5.41, 5.74) is 20.1. The first kappa shape index (κ1) is 26.1. The van der Waals surface area contributed by atoms with E-state index in [2.05, 4.69) is 5.32 Å². The summed E-state index contributed by atoms with van der Waals surface area (Å²) in [6.07, 6.45) is 4.89. The molecule has 2 aromatic carbocycles. The van der Waals surface area contributed by atoms with Gasteiger partial charge < -0.3 is 32.4 Å². The topological polar surface area (TPSA) is 166 Å². The molecule has 0 aliphatic rings. The minimum atomic E-state index is -0.896. The lowest BCUT2D eigenvalue weighted by Crippen LogP contribution is -2.47. The summed E-state index contributed by atoms with van der Waals surface area (Å²) in [5, 5.41) is 12.9. The Morgan fingerprint density at radius 1 is 1.00 bits per heavy atom. The monoisotopic (exact) mass is 479 g/mol. The number of nitrogens with one attached hydrogen (secondary N) is 1. The van der Waals surface area contributed by atoms with E-state index in [4.69, 9.17) is 17.2 Å². The number of nitrogens with zero attached hydrogens (tertiary/aromatic N) is 1. The summed E-state index contributed by atoms with van der Waals surface area (Å²) in [4.78, 5) is 37.2. The van der Waals surface area contributed by atoms with E-state index in [0.29, 0.717) is 31.2 Å². The quantitative estimate of drug-likeness (QED) is 0.192. The van der Waals surface area contributed by atoms with E-state index in [0.717, 1.165) is 29.4 Å². The van der Waals surface area contributed by atoms with Crippen molar-refractivity contribution in [2.45, 2.75) is 50.2 Å². The second-order valence-corrected chi connectivity index (χ2v) is 8.70. The first-order valence-corrected chi connectivity index (χ1v) is 11.7. The number of carbonyl (C=O) groups is 3. The molecule has 186 valence electrons. The number of phenols is 1. The highest BCUT2D eigenvalue weighted by Crippen LogP contribution is 2.23. The fourth-order valence-electron chi connectivity index (χ4n) is 4.05. The zero-order valence-electron chi connectivity index (χ0n) is 19.6. The Balaban J connectivity index is 1.74. The van der Waals surface area contributed by atoms with Gasteiger partial charge in [-0.15, -0.1) is 0 Å². The smallest absolute Gasteiger partial charge is 0.248 e. The van der Waals surface area contributed by atoms with Crippen molar-refractivity contribution >= 4 is 29.0 Å². The molecule has 0 unspecified atom stereocenters. The second-order valence-electron chi connectivity index (χ2n) is 8.70. The lowest BCUT2D eigenvalue weighted by atomic mass is 10.0. The number of carbonyl (C=O) groups excluding carboxylic acids is 3. The van der Waals surface area contributed by atoms with Gasteiger partial charge in [-0.3, -0.25) is 14.2 Å². The molecule has 1 heterocycles. The average Bonchev–Trinajstić information content (AvgIpc) is 3.22. The predicted octanol–water partition coefficient (Wildman–Crippen LogP) is 1.24. The lowest BCUT2D eigenvalue weighted by molar-refractivity contribution is -0.125. The van der Waals surface area contributed by atoms with Crippen LogP contribution >= 0.6 is 0 Å².